The summed E-state index contributed by atoms with van der Waals surface area (Å²) in [6.07, 6.45) is 4.84. The minimum atomic E-state index is -3.66. The number of carbonyl (C=O) groups is 1. The van der Waals surface area contributed by atoms with E-state index in [1.165, 1.54) is 14.1 Å². The maximum Gasteiger partial charge on any atom is 0.279 e. The molecule has 1 N–H and O–H groups in total. The lowest BCUT2D eigenvalue weighted by molar-refractivity contribution is -0.155. The Morgan fingerprint density at radius 3 is 2.38 bits per heavy atom. The van der Waals surface area contributed by atoms with Crippen LogP contribution in [-0.4, -0.2) is 50.2 Å². The van der Waals surface area contributed by atoms with Crippen LogP contribution in [0.25, 0.3) is 0 Å². The molecule has 1 saturated carbocycles. The second-order valence-electron chi connectivity index (χ2n) is 10.7. The number of rotatable bonds is 10. The van der Waals surface area contributed by atoms with Crippen molar-refractivity contribution in [2.45, 2.75) is 50.6 Å². The van der Waals surface area contributed by atoms with Crippen molar-refractivity contribution in [2.24, 2.45) is 11.3 Å². The second kappa shape index (κ2) is 11.1. The smallest absolute Gasteiger partial charge is 0.279 e. The van der Waals surface area contributed by atoms with E-state index in [4.69, 9.17) is 23.2 Å². The first-order chi connectivity index (χ1) is 17.5. The number of likely N-dealkylation sites (tertiary alicyclic amines) is 1. The van der Waals surface area contributed by atoms with Crippen LogP contribution in [0.2, 0.25) is 10.0 Å². The lowest BCUT2D eigenvalue weighted by Gasteiger charge is -2.52. The summed E-state index contributed by atoms with van der Waals surface area (Å²) in [5, 5.41) is 1.25. The number of nitrogens with zero attached hydrogens (tertiary/aromatic N) is 2. The summed E-state index contributed by atoms with van der Waals surface area (Å²) in [5.74, 6) is 0.176. The van der Waals surface area contributed by atoms with Gasteiger partial charge in [0.25, 0.3) is 10.2 Å². The molecular formula is C28H35Cl2N3O3S. The first-order valence-electron chi connectivity index (χ1n) is 12.6. The van der Waals surface area contributed by atoms with Crippen molar-refractivity contribution in [3.63, 3.8) is 0 Å². The molecule has 1 heterocycles. The monoisotopic (exact) mass is 563 g/mol. The van der Waals surface area contributed by atoms with Crippen molar-refractivity contribution in [1.29, 1.82) is 0 Å². The fraction of sp³-hybridized carbons (Fsp3) is 0.464. The molecule has 1 saturated heterocycles. The summed E-state index contributed by atoms with van der Waals surface area (Å²) >= 11 is 12.7. The molecule has 2 fully saturated rings. The fourth-order valence-corrected chi connectivity index (χ4v) is 6.51. The van der Waals surface area contributed by atoms with Crippen molar-refractivity contribution in [3.05, 3.63) is 82.4 Å². The molecule has 200 valence electrons. The molecule has 0 spiro atoms. The van der Waals surface area contributed by atoms with Gasteiger partial charge in [-0.1, -0.05) is 60.5 Å². The van der Waals surface area contributed by atoms with E-state index in [0.29, 0.717) is 22.9 Å². The van der Waals surface area contributed by atoms with Crippen LogP contribution in [0.3, 0.4) is 0 Å². The molecule has 1 amide bonds. The van der Waals surface area contributed by atoms with E-state index in [2.05, 4.69) is 17.4 Å². The van der Waals surface area contributed by atoms with E-state index >= 15 is 0 Å². The third kappa shape index (κ3) is 6.07. The van der Waals surface area contributed by atoms with Gasteiger partial charge in [-0.25, -0.2) is 4.72 Å². The molecule has 37 heavy (non-hydrogen) atoms. The van der Waals surface area contributed by atoms with Gasteiger partial charge < -0.3 is 4.90 Å². The predicted octanol–water partition coefficient (Wildman–Crippen LogP) is 5.81. The van der Waals surface area contributed by atoms with E-state index in [-0.39, 0.29) is 36.4 Å². The van der Waals surface area contributed by atoms with Gasteiger partial charge in [0.05, 0.1) is 11.5 Å². The normalized spacial score (nSPS) is 25.4. The molecule has 0 radical (unpaired) electrons. The van der Waals surface area contributed by atoms with Gasteiger partial charge in [-0.3, -0.25) is 4.79 Å². The summed E-state index contributed by atoms with van der Waals surface area (Å²) < 4.78 is 29.2. The first-order valence-corrected chi connectivity index (χ1v) is 14.8. The molecular weight excluding hydrogens is 529 g/mol. The van der Waals surface area contributed by atoms with Gasteiger partial charge in [0, 0.05) is 42.6 Å². The van der Waals surface area contributed by atoms with Gasteiger partial charge in [0.2, 0.25) is 5.91 Å². The number of allylic oxidation sites excluding steroid dienone is 1. The minimum absolute atomic E-state index is 0.0200. The first kappa shape index (κ1) is 28.1. The Labute approximate surface area is 230 Å². The van der Waals surface area contributed by atoms with Gasteiger partial charge in [-0.15, -0.1) is 6.58 Å². The van der Waals surface area contributed by atoms with Crippen LogP contribution in [-0.2, 0) is 15.0 Å². The number of carbonyl (C=O) groups excluding carboxylic acids is 1. The van der Waals surface area contributed by atoms with Crippen LogP contribution in [0.1, 0.15) is 55.7 Å². The summed E-state index contributed by atoms with van der Waals surface area (Å²) in [4.78, 5) is 16.4. The third-order valence-corrected chi connectivity index (χ3v) is 9.64. The third-order valence-electron chi connectivity index (χ3n) is 7.66. The molecule has 1 aliphatic heterocycles. The molecule has 1 aliphatic carbocycles. The van der Waals surface area contributed by atoms with Crippen molar-refractivity contribution in [3.8, 4) is 0 Å². The highest BCUT2D eigenvalue weighted by atomic mass is 35.5. The number of benzene rings is 2. The zero-order chi connectivity index (χ0) is 27.0. The largest absolute Gasteiger partial charge is 0.330 e. The Morgan fingerprint density at radius 1 is 1.14 bits per heavy atom. The van der Waals surface area contributed by atoms with Crippen LogP contribution in [0, 0.1) is 11.3 Å². The predicted molar refractivity (Wildman–Crippen MR) is 150 cm³/mol. The number of nitrogens with one attached hydrogen (secondary N) is 1. The zero-order valence-electron chi connectivity index (χ0n) is 21.5. The highest BCUT2D eigenvalue weighted by molar-refractivity contribution is 7.87. The standard InChI is InChI=1S/C28H35Cl2N3O3S/c1-5-15-28(2)17-24(21-7-6-8-23(30)16-21)26(20-11-13-22(29)14-12-20)33(27(28)34)25(19-9-10-19)18-31-37(35,36)32(3)4/h5-8,11-14,16,19,24-26,31H,1,9-10,15,17-18H2,2-4H3/t24-,25?,26-,28+/m1/s1. The van der Waals surface area contributed by atoms with Gasteiger partial charge in [-0.05, 0) is 67.0 Å². The Morgan fingerprint density at radius 2 is 1.81 bits per heavy atom. The quantitative estimate of drug-likeness (QED) is 0.371. The lowest BCUT2D eigenvalue weighted by Crippen LogP contribution is -2.59. The Hall–Kier alpha value is -1.90. The van der Waals surface area contributed by atoms with Crippen molar-refractivity contribution >= 4 is 39.3 Å². The second-order valence-corrected chi connectivity index (χ2v) is 13.5. The molecule has 6 nitrogen and oxygen atoms in total. The zero-order valence-corrected chi connectivity index (χ0v) is 23.9. The van der Waals surface area contributed by atoms with E-state index < -0.39 is 15.6 Å². The maximum absolute atomic E-state index is 14.4. The van der Waals surface area contributed by atoms with Crippen molar-refractivity contribution < 1.29 is 13.2 Å². The van der Waals surface area contributed by atoms with Crippen molar-refractivity contribution in [1.82, 2.24) is 13.9 Å². The molecule has 0 aromatic heterocycles. The number of hydrogen-bond acceptors (Lipinski definition) is 3. The minimum Gasteiger partial charge on any atom is -0.330 e. The fourth-order valence-electron chi connectivity index (χ4n) is 5.55. The van der Waals surface area contributed by atoms with Crippen LogP contribution in [0.4, 0.5) is 0 Å². The maximum atomic E-state index is 14.4. The summed E-state index contributed by atoms with van der Waals surface area (Å²) in [7, 11) is -0.672. The number of piperidine rings is 1. The van der Waals surface area contributed by atoms with E-state index in [0.717, 1.165) is 28.3 Å². The topological polar surface area (TPSA) is 69.7 Å². The summed E-state index contributed by atoms with van der Waals surface area (Å²) in [6.45, 7) is 6.07. The molecule has 2 aromatic rings. The van der Waals surface area contributed by atoms with Crippen LogP contribution in [0.5, 0.6) is 0 Å². The number of halogens is 2. The molecule has 9 heteroatoms. The molecule has 4 rings (SSSR count). The number of hydrogen-bond donors (Lipinski definition) is 1. The Kier molecular flexibility index (Phi) is 8.41. The molecule has 4 atom stereocenters. The molecule has 2 aromatic carbocycles. The van der Waals surface area contributed by atoms with Gasteiger partial charge in [-0.2, -0.15) is 12.7 Å². The molecule has 2 aliphatic rings. The highest BCUT2D eigenvalue weighted by Crippen LogP contribution is 2.54. The van der Waals surface area contributed by atoms with Gasteiger partial charge in [0.1, 0.15) is 0 Å². The van der Waals surface area contributed by atoms with Crippen LogP contribution >= 0.6 is 23.2 Å². The molecule has 1 unspecified atom stereocenters. The molecule has 0 bridgehead atoms. The SMILES string of the molecule is C=CC[C@@]1(C)C[C@H](c2cccc(Cl)c2)[C@@H](c2ccc(Cl)cc2)N(C(CNS(=O)(=O)N(C)C)C2CC2)C1=O. The average molecular weight is 565 g/mol. The Bertz CT molecular complexity index is 1250. The van der Waals surface area contributed by atoms with Crippen LogP contribution < -0.4 is 4.72 Å². The van der Waals surface area contributed by atoms with E-state index in [1.54, 1.807) is 6.08 Å². The van der Waals surface area contributed by atoms with E-state index in [9.17, 15) is 13.2 Å². The summed E-state index contributed by atoms with van der Waals surface area (Å²) in [5.41, 5.74) is 1.32. The van der Waals surface area contributed by atoms with E-state index in [1.807, 2.05) is 54.3 Å². The highest BCUT2D eigenvalue weighted by Gasteiger charge is 2.53. The summed E-state index contributed by atoms with van der Waals surface area (Å²) in [6, 6.07) is 14.8. The lowest BCUT2D eigenvalue weighted by atomic mass is 9.67. The van der Waals surface area contributed by atoms with Crippen molar-refractivity contribution in [2.75, 3.05) is 20.6 Å². The van der Waals surface area contributed by atoms with Gasteiger partial charge >= 0.3 is 0 Å². The van der Waals surface area contributed by atoms with Gasteiger partial charge in [0.15, 0.2) is 0 Å². The van der Waals surface area contributed by atoms with Crippen LogP contribution in [0.15, 0.2) is 61.2 Å². The average Bonchev–Trinajstić information content (AvgIpc) is 3.68. The Balaban J connectivity index is 1.87. The number of amides is 1.